The number of ether oxygens (including phenoxy) is 1. The predicted octanol–water partition coefficient (Wildman–Crippen LogP) is 2.15. The van der Waals surface area contributed by atoms with Gasteiger partial charge in [-0.3, -0.25) is 5.32 Å². The maximum atomic E-state index is 10.4. The second-order valence-corrected chi connectivity index (χ2v) is 3.46. The van der Waals surface area contributed by atoms with Crippen molar-refractivity contribution < 1.29 is 14.6 Å². The van der Waals surface area contributed by atoms with E-state index in [-0.39, 0.29) is 5.82 Å². The average molecular weight is 245 g/mol. The van der Waals surface area contributed by atoms with Crippen LogP contribution in [0.5, 0.6) is 5.88 Å². The smallest absolute Gasteiger partial charge is 0.410 e. The lowest BCUT2D eigenvalue weighted by Crippen LogP contribution is -2.09. The molecule has 2 N–H and O–H groups in total. The van der Waals surface area contributed by atoms with Crippen LogP contribution in [0.4, 0.5) is 10.6 Å². The molecule has 0 unspecified atom stereocenters. The highest BCUT2D eigenvalue weighted by atomic mass is 16.5. The first kappa shape index (κ1) is 11.8. The zero-order valence-electron chi connectivity index (χ0n) is 9.41. The molecule has 0 saturated heterocycles. The molecular formula is C12H11N3O3. The first-order valence-corrected chi connectivity index (χ1v) is 5.24. The Morgan fingerprint density at radius 1 is 1.17 bits per heavy atom. The van der Waals surface area contributed by atoms with Crippen LogP contribution in [0.25, 0.3) is 0 Å². The number of hydrogen-bond acceptors (Lipinski definition) is 4. The molecule has 0 atom stereocenters. The zero-order valence-corrected chi connectivity index (χ0v) is 9.41. The molecule has 1 aromatic carbocycles. The third-order valence-corrected chi connectivity index (χ3v) is 2.10. The summed E-state index contributed by atoms with van der Waals surface area (Å²) in [4.78, 5) is 10.4. The Bertz CT molecular complexity index is 514. The molecule has 1 heterocycles. The van der Waals surface area contributed by atoms with Gasteiger partial charge in [0.15, 0.2) is 5.82 Å². The van der Waals surface area contributed by atoms with Gasteiger partial charge in [-0.25, -0.2) is 4.79 Å². The van der Waals surface area contributed by atoms with E-state index in [0.29, 0.717) is 12.5 Å². The third-order valence-electron chi connectivity index (χ3n) is 2.10. The summed E-state index contributed by atoms with van der Waals surface area (Å²) in [5.74, 6) is 0.504. The van der Waals surface area contributed by atoms with Crippen LogP contribution in [0.15, 0.2) is 42.5 Å². The molecule has 0 aliphatic carbocycles. The summed E-state index contributed by atoms with van der Waals surface area (Å²) in [6, 6.07) is 12.7. The fraction of sp³-hybridized carbons (Fsp3) is 0.0833. The number of anilines is 1. The van der Waals surface area contributed by atoms with Crippen molar-refractivity contribution in [1.29, 1.82) is 0 Å². The molecule has 0 radical (unpaired) electrons. The third kappa shape index (κ3) is 3.44. The van der Waals surface area contributed by atoms with Crippen molar-refractivity contribution in [3.63, 3.8) is 0 Å². The normalized spacial score (nSPS) is 9.78. The fourth-order valence-corrected chi connectivity index (χ4v) is 1.30. The Kier molecular flexibility index (Phi) is 3.70. The summed E-state index contributed by atoms with van der Waals surface area (Å²) in [5.41, 5.74) is 1.02. The Labute approximate surface area is 103 Å². The quantitative estimate of drug-likeness (QED) is 0.862. The van der Waals surface area contributed by atoms with Gasteiger partial charge in [0, 0.05) is 6.07 Å². The molecule has 92 valence electrons. The topological polar surface area (TPSA) is 84.3 Å². The number of carboxylic acid groups (broad SMARTS) is 1. The maximum Gasteiger partial charge on any atom is 0.410 e. The Hall–Kier alpha value is -2.63. The van der Waals surface area contributed by atoms with Gasteiger partial charge < -0.3 is 9.84 Å². The standard InChI is InChI=1S/C12H11N3O3/c16-12(17)13-10-6-7-11(15-14-10)18-8-9-4-2-1-3-5-9/h1-7H,8H2,(H,13,14)(H,16,17). The minimum absolute atomic E-state index is 0.162. The van der Waals surface area contributed by atoms with Crippen molar-refractivity contribution in [1.82, 2.24) is 10.2 Å². The van der Waals surface area contributed by atoms with Crippen molar-refractivity contribution in [2.24, 2.45) is 0 Å². The van der Waals surface area contributed by atoms with Crippen LogP contribution in [0.3, 0.4) is 0 Å². The van der Waals surface area contributed by atoms with E-state index in [2.05, 4.69) is 15.5 Å². The van der Waals surface area contributed by atoms with Crippen LogP contribution in [0.1, 0.15) is 5.56 Å². The molecule has 6 heteroatoms. The number of amides is 1. The van der Waals surface area contributed by atoms with E-state index in [4.69, 9.17) is 9.84 Å². The molecule has 6 nitrogen and oxygen atoms in total. The highest BCUT2D eigenvalue weighted by Gasteiger charge is 2.01. The van der Waals surface area contributed by atoms with E-state index in [9.17, 15) is 4.79 Å². The lowest BCUT2D eigenvalue weighted by atomic mass is 10.2. The van der Waals surface area contributed by atoms with Gasteiger partial charge in [-0.15, -0.1) is 10.2 Å². The van der Waals surface area contributed by atoms with Gasteiger partial charge in [0.05, 0.1) is 0 Å². The summed E-state index contributed by atoms with van der Waals surface area (Å²) in [5, 5.41) is 18.0. The predicted molar refractivity (Wildman–Crippen MR) is 64.5 cm³/mol. The van der Waals surface area contributed by atoms with Crippen molar-refractivity contribution in [3.8, 4) is 5.88 Å². The largest absolute Gasteiger partial charge is 0.472 e. The van der Waals surface area contributed by atoms with E-state index >= 15 is 0 Å². The number of carbonyl (C=O) groups is 1. The summed E-state index contributed by atoms with van der Waals surface area (Å²) in [6.45, 7) is 0.390. The van der Waals surface area contributed by atoms with Gasteiger partial charge in [0.2, 0.25) is 5.88 Å². The molecule has 0 spiro atoms. The second kappa shape index (κ2) is 5.62. The molecule has 2 rings (SSSR count). The van der Waals surface area contributed by atoms with Crippen molar-refractivity contribution in [3.05, 3.63) is 48.0 Å². The Morgan fingerprint density at radius 2 is 1.94 bits per heavy atom. The van der Waals surface area contributed by atoms with Crippen LogP contribution in [-0.4, -0.2) is 21.4 Å². The van der Waals surface area contributed by atoms with Gasteiger partial charge in [0.25, 0.3) is 0 Å². The number of rotatable bonds is 4. The number of nitrogens with one attached hydrogen (secondary N) is 1. The summed E-state index contributed by atoms with van der Waals surface area (Å²) >= 11 is 0. The molecule has 2 aromatic rings. The SMILES string of the molecule is O=C(O)Nc1ccc(OCc2ccccc2)nn1. The zero-order chi connectivity index (χ0) is 12.8. The highest BCUT2D eigenvalue weighted by Crippen LogP contribution is 2.10. The Balaban J connectivity index is 1.92. The van der Waals surface area contributed by atoms with E-state index < -0.39 is 6.09 Å². The van der Waals surface area contributed by atoms with E-state index in [1.807, 2.05) is 30.3 Å². The van der Waals surface area contributed by atoms with E-state index in [0.717, 1.165) is 5.56 Å². The van der Waals surface area contributed by atoms with Gasteiger partial charge in [-0.05, 0) is 11.6 Å². The van der Waals surface area contributed by atoms with Gasteiger partial charge in [0.1, 0.15) is 6.61 Å². The molecule has 0 saturated carbocycles. The van der Waals surface area contributed by atoms with Crippen molar-refractivity contribution in [2.75, 3.05) is 5.32 Å². The molecular weight excluding hydrogens is 234 g/mol. The summed E-state index contributed by atoms with van der Waals surface area (Å²) in [6.07, 6.45) is -1.18. The van der Waals surface area contributed by atoms with Gasteiger partial charge in [-0.2, -0.15) is 0 Å². The summed E-state index contributed by atoms with van der Waals surface area (Å²) < 4.78 is 5.40. The van der Waals surface area contributed by atoms with Crippen molar-refractivity contribution >= 4 is 11.9 Å². The molecule has 0 aliphatic heterocycles. The molecule has 1 amide bonds. The average Bonchev–Trinajstić information content (AvgIpc) is 2.38. The number of nitrogens with zero attached hydrogens (tertiary/aromatic N) is 2. The minimum atomic E-state index is -1.18. The second-order valence-electron chi connectivity index (χ2n) is 3.46. The first-order valence-electron chi connectivity index (χ1n) is 5.24. The number of benzene rings is 1. The molecule has 0 bridgehead atoms. The number of hydrogen-bond donors (Lipinski definition) is 2. The van der Waals surface area contributed by atoms with Crippen LogP contribution in [0, 0.1) is 0 Å². The first-order chi connectivity index (χ1) is 8.74. The van der Waals surface area contributed by atoms with Gasteiger partial charge in [-0.1, -0.05) is 30.3 Å². The number of aromatic nitrogens is 2. The molecule has 1 aromatic heterocycles. The summed E-state index contributed by atoms with van der Waals surface area (Å²) in [7, 11) is 0. The molecule has 0 fully saturated rings. The minimum Gasteiger partial charge on any atom is -0.472 e. The molecule has 18 heavy (non-hydrogen) atoms. The van der Waals surface area contributed by atoms with Crippen LogP contribution < -0.4 is 10.1 Å². The molecule has 0 aliphatic rings. The van der Waals surface area contributed by atoms with Crippen LogP contribution in [0.2, 0.25) is 0 Å². The lowest BCUT2D eigenvalue weighted by Gasteiger charge is -2.05. The van der Waals surface area contributed by atoms with Crippen LogP contribution >= 0.6 is 0 Å². The van der Waals surface area contributed by atoms with E-state index in [1.54, 1.807) is 6.07 Å². The Morgan fingerprint density at radius 3 is 2.56 bits per heavy atom. The monoisotopic (exact) mass is 245 g/mol. The van der Waals surface area contributed by atoms with Crippen LogP contribution in [-0.2, 0) is 6.61 Å². The van der Waals surface area contributed by atoms with Gasteiger partial charge >= 0.3 is 6.09 Å². The van der Waals surface area contributed by atoms with E-state index in [1.165, 1.54) is 6.07 Å². The highest BCUT2D eigenvalue weighted by molar-refractivity contribution is 5.81. The lowest BCUT2D eigenvalue weighted by molar-refractivity contribution is 0.209. The maximum absolute atomic E-state index is 10.4. The fourth-order valence-electron chi connectivity index (χ4n) is 1.30. The van der Waals surface area contributed by atoms with Crippen molar-refractivity contribution in [2.45, 2.75) is 6.61 Å².